The van der Waals surface area contributed by atoms with Gasteiger partial charge >= 0.3 is 0 Å². The molecule has 4 N–H and O–H groups in total. The number of rotatable bonds is 4. The molecule has 4 saturated carbocycles. The number of oxime groups is 1. The number of hydrogen-bond acceptors (Lipinski definition) is 5. The second-order valence-corrected chi connectivity index (χ2v) is 10.7. The smallest absolute Gasteiger partial charge is 0.129 e. The molecule has 0 aliphatic heterocycles. The molecule has 4 aliphatic carbocycles. The SMILES string of the molecule is C/C(=N/OCCN)[C@H]1CC[C@@]2(O)[C@@H]3CCC4CC(O)CC[C@]4(C)[C@H]3CC[C@]12C. The fourth-order valence-corrected chi connectivity index (χ4v) is 8.14. The van der Waals surface area contributed by atoms with Gasteiger partial charge in [0.25, 0.3) is 0 Å². The minimum absolute atomic E-state index is 0.116. The Morgan fingerprint density at radius 2 is 1.86 bits per heavy atom. The van der Waals surface area contributed by atoms with Crippen LogP contribution in [0.1, 0.15) is 78.6 Å². The minimum atomic E-state index is -0.602. The molecular formula is C23H40N2O3. The second-order valence-electron chi connectivity index (χ2n) is 10.7. The van der Waals surface area contributed by atoms with Crippen LogP contribution in [0.3, 0.4) is 0 Å². The molecule has 4 aliphatic rings. The third-order valence-corrected chi connectivity index (χ3v) is 9.75. The van der Waals surface area contributed by atoms with E-state index in [1.807, 2.05) is 0 Å². The lowest BCUT2D eigenvalue weighted by atomic mass is 9.43. The molecule has 2 unspecified atom stereocenters. The van der Waals surface area contributed by atoms with E-state index in [-0.39, 0.29) is 22.9 Å². The largest absolute Gasteiger partial charge is 0.395 e. The van der Waals surface area contributed by atoms with Gasteiger partial charge < -0.3 is 20.8 Å². The van der Waals surface area contributed by atoms with E-state index >= 15 is 0 Å². The van der Waals surface area contributed by atoms with E-state index in [1.165, 1.54) is 6.42 Å². The summed E-state index contributed by atoms with van der Waals surface area (Å²) in [6, 6.07) is 0. The molecule has 8 atom stereocenters. The lowest BCUT2D eigenvalue weighted by Crippen LogP contribution is -2.62. The van der Waals surface area contributed by atoms with Gasteiger partial charge in [-0.1, -0.05) is 19.0 Å². The van der Waals surface area contributed by atoms with Crippen molar-refractivity contribution in [1.29, 1.82) is 0 Å². The van der Waals surface area contributed by atoms with Gasteiger partial charge in [-0.05, 0) is 87.9 Å². The van der Waals surface area contributed by atoms with Crippen molar-refractivity contribution in [3.8, 4) is 0 Å². The average Bonchev–Trinajstić information content (AvgIpc) is 2.94. The van der Waals surface area contributed by atoms with Crippen molar-refractivity contribution in [1.82, 2.24) is 0 Å². The third kappa shape index (κ3) is 2.87. The monoisotopic (exact) mass is 392 g/mol. The van der Waals surface area contributed by atoms with Gasteiger partial charge in [-0.15, -0.1) is 0 Å². The molecule has 0 amide bonds. The van der Waals surface area contributed by atoms with Crippen LogP contribution < -0.4 is 5.73 Å². The first-order valence-corrected chi connectivity index (χ1v) is 11.5. The van der Waals surface area contributed by atoms with Crippen molar-refractivity contribution in [3.63, 3.8) is 0 Å². The molecule has 0 aromatic carbocycles. The van der Waals surface area contributed by atoms with Gasteiger partial charge in [0.1, 0.15) is 6.61 Å². The molecule has 5 heteroatoms. The standard InChI is InChI=1S/C23H40N2O3/c1-15(25-28-13-12-24)18-8-11-23(27)20-5-4-16-14-17(26)6-9-21(16,2)19(20)7-10-22(18,23)3/h16-20,26-27H,4-14,24H2,1-3H3/b25-15-/t16?,17?,18-,19+,20-,21+,22-,23-/m1/s1. The normalized spacial score (nSPS) is 51.2. The summed E-state index contributed by atoms with van der Waals surface area (Å²) in [5, 5.41) is 26.7. The Morgan fingerprint density at radius 3 is 2.61 bits per heavy atom. The first-order valence-electron chi connectivity index (χ1n) is 11.5. The predicted molar refractivity (Wildman–Crippen MR) is 111 cm³/mol. The maximum atomic E-state index is 12.1. The van der Waals surface area contributed by atoms with E-state index in [9.17, 15) is 10.2 Å². The van der Waals surface area contributed by atoms with Crippen molar-refractivity contribution in [2.45, 2.75) is 90.3 Å². The molecule has 0 heterocycles. The molecule has 5 nitrogen and oxygen atoms in total. The van der Waals surface area contributed by atoms with E-state index in [1.54, 1.807) is 0 Å². The highest BCUT2D eigenvalue weighted by atomic mass is 16.6. The van der Waals surface area contributed by atoms with Crippen molar-refractivity contribution in [2.24, 2.45) is 45.4 Å². The van der Waals surface area contributed by atoms with Crippen LogP contribution >= 0.6 is 0 Å². The van der Waals surface area contributed by atoms with E-state index < -0.39 is 5.60 Å². The quantitative estimate of drug-likeness (QED) is 0.388. The van der Waals surface area contributed by atoms with Crippen LogP contribution in [0.15, 0.2) is 5.16 Å². The fourth-order valence-electron chi connectivity index (χ4n) is 8.14. The highest BCUT2D eigenvalue weighted by Crippen LogP contribution is 2.69. The molecule has 0 spiro atoms. The van der Waals surface area contributed by atoms with Crippen molar-refractivity contribution >= 4 is 5.71 Å². The Labute approximate surface area is 170 Å². The number of aliphatic hydroxyl groups excluding tert-OH is 1. The van der Waals surface area contributed by atoms with E-state index in [0.29, 0.717) is 30.9 Å². The van der Waals surface area contributed by atoms with Gasteiger partial charge in [-0.3, -0.25) is 0 Å². The van der Waals surface area contributed by atoms with Crippen molar-refractivity contribution in [3.05, 3.63) is 0 Å². The van der Waals surface area contributed by atoms with Crippen LogP contribution in [0.2, 0.25) is 0 Å². The summed E-state index contributed by atoms with van der Waals surface area (Å²) in [7, 11) is 0. The number of hydrogen-bond donors (Lipinski definition) is 3. The van der Waals surface area contributed by atoms with Crippen LogP contribution in [0, 0.1) is 34.5 Å². The minimum Gasteiger partial charge on any atom is -0.395 e. The summed E-state index contributed by atoms with van der Waals surface area (Å²) in [4.78, 5) is 5.38. The van der Waals surface area contributed by atoms with Crippen molar-refractivity contribution < 1.29 is 15.1 Å². The summed E-state index contributed by atoms with van der Waals surface area (Å²) in [5.74, 6) is 1.87. The topological polar surface area (TPSA) is 88.1 Å². The molecule has 0 aromatic rings. The van der Waals surface area contributed by atoms with Crippen molar-refractivity contribution in [2.75, 3.05) is 13.2 Å². The molecular weight excluding hydrogens is 352 g/mol. The van der Waals surface area contributed by atoms with Gasteiger partial charge in [0.15, 0.2) is 0 Å². The predicted octanol–water partition coefficient (Wildman–Crippen LogP) is 3.47. The number of nitrogens with zero attached hydrogens (tertiary/aromatic N) is 1. The highest BCUT2D eigenvalue weighted by Gasteiger charge is 2.67. The molecule has 160 valence electrons. The molecule has 0 radical (unpaired) electrons. The summed E-state index contributed by atoms with van der Waals surface area (Å²) in [6.07, 6.45) is 9.28. The molecule has 0 saturated heterocycles. The zero-order valence-corrected chi connectivity index (χ0v) is 18.0. The molecule has 0 bridgehead atoms. The maximum absolute atomic E-state index is 12.1. The molecule has 4 fully saturated rings. The van der Waals surface area contributed by atoms with E-state index in [2.05, 4.69) is 25.9 Å². The lowest BCUT2D eigenvalue weighted by molar-refractivity contribution is -0.206. The molecule has 28 heavy (non-hydrogen) atoms. The number of nitrogens with two attached hydrogens (primary N) is 1. The lowest BCUT2D eigenvalue weighted by Gasteiger charge is -2.63. The Morgan fingerprint density at radius 1 is 1.07 bits per heavy atom. The second kappa shape index (κ2) is 7.24. The number of fused-ring (bicyclic) bond motifs is 5. The molecule has 0 aromatic heterocycles. The maximum Gasteiger partial charge on any atom is 0.129 e. The average molecular weight is 393 g/mol. The number of aliphatic hydroxyl groups is 2. The molecule has 4 rings (SSSR count). The first-order chi connectivity index (χ1) is 13.3. The van der Waals surface area contributed by atoms with Crippen LogP contribution in [-0.4, -0.2) is 40.8 Å². The highest BCUT2D eigenvalue weighted by molar-refractivity contribution is 5.85. The first kappa shape index (κ1) is 20.6. The summed E-state index contributed by atoms with van der Waals surface area (Å²) in [5.41, 5.74) is 6.10. The van der Waals surface area contributed by atoms with Crippen LogP contribution in [0.5, 0.6) is 0 Å². The fraction of sp³-hybridized carbons (Fsp3) is 0.957. The Hall–Kier alpha value is -0.650. The van der Waals surface area contributed by atoms with Crippen LogP contribution in [0.4, 0.5) is 0 Å². The Kier molecular flexibility index (Phi) is 5.33. The zero-order valence-electron chi connectivity index (χ0n) is 18.0. The van der Waals surface area contributed by atoms with Gasteiger partial charge in [-0.25, -0.2) is 0 Å². The Balaban J connectivity index is 1.59. The van der Waals surface area contributed by atoms with Crippen LogP contribution in [-0.2, 0) is 4.84 Å². The summed E-state index contributed by atoms with van der Waals surface area (Å²) in [6.45, 7) is 7.75. The summed E-state index contributed by atoms with van der Waals surface area (Å²) < 4.78 is 0. The van der Waals surface area contributed by atoms with Crippen LogP contribution in [0.25, 0.3) is 0 Å². The van der Waals surface area contributed by atoms with Gasteiger partial charge in [0.05, 0.1) is 17.4 Å². The Bertz CT molecular complexity index is 625. The van der Waals surface area contributed by atoms with Gasteiger partial charge in [-0.2, -0.15) is 0 Å². The third-order valence-electron chi connectivity index (χ3n) is 9.75. The zero-order chi connectivity index (χ0) is 20.2. The van der Waals surface area contributed by atoms with Gasteiger partial charge in [0.2, 0.25) is 0 Å². The summed E-state index contributed by atoms with van der Waals surface area (Å²) >= 11 is 0. The van der Waals surface area contributed by atoms with E-state index in [4.69, 9.17) is 10.6 Å². The van der Waals surface area contributed by atoms with E-state index in [0.717, 1.165) is 57.1 Å². The van der Waals surface area contributed by atoms with Gasteiger partial charge in [0, 0.05) is 17.9 Å².